The normalized spacial score (nSPS) is 11.9. The second-order valence-electron chi connectivity index (χ2n) is 4.23. The van der Waals surface area contributed by atoms with E-state index in [-0.39, 0.29) is 25.1 Å². The van der Waals surface area contributed by atoms with Crippen molar-refractivity contribution in [2.75, 3.05) is 13.2 Å². The Morgan fingerprint density at radius 2 is 1.89 bits per heavy atom. The molecular formula is C13H16BrF3O2. The van der Waals surface area contributed by atoms with Gasteiger partial charge in [-0.2, -0.15) is 13.2 Å². The lowest BCUT2D eigenvalue weighted by Crippen LogP contribution is -2.14. The summed E-state index contributed by atoms with van der Waals surface area (Å²) in [7, 11) is 0. The van der Waals surface area contributed by atoms with Crippen molar-refractivity contribution in [1.82, 2.24) is 0 Å². The lowest BCUT2D eigenvalue weighted by Gasteiger charge is -2.15. The molecule has 0 fully saturated rings. The predicted molar refractivity (Wildman–Crippen MR) is 70.7 cm³/mol. The van der Waals surface area contributed by atoms with Crippen LogP contribution in [0, 0.1) is 0 Å². The molecule has 6 heteroatoms. The Bertz CT molecular complexity index is 405. The molecule has 0 heterocycles. The molecule has 0 aliphatic carbocycles. The van der Waals surface area contributed by atoms with Gasteiger partial charge < -0.3 is 9.47 Å². The van der Waals surface area contributed by atoms with Crippen molar-refractivity contribution in [3.63, 3.8) is 0 Å². The van der Waals surface area contributed by atoms with Crippen molar-refractivity contribution >= 4 is 15.9 Å². The van der Waals surface area contributed by atoms with Crippen LogP contribution in [0.25, 0.3) is 0 Å². The van der Waals surface area contributed by atoms with Crippen molar-refractivity contribution < 1.29 is 22.6 Å². The lowest BCUT2D eigenvalue weighted by molar-refractivity contribution is -0.139. The second-order valence-corrected chi connectivity index (χ2v) is 4.79. The molecule has 0 unspecified atom stereocenters. The molecule has 0 saturated heterocycles. The van der Waals surface area contributed by atoms with Crippen LogP contribution in [0.15, 0.2) is 18.2 Å². The smallest absolute Gasteiger partial charge is 0.419 e. The van der Waals surface area contributed by atoms with Gasteiger partial charge in [0.2, 0.25) is 0 Å². The summed E-state index contributed by atoms with van der Waals surface area (Å²) in [5.74, 6) is -0.162. The van der Waals surface area contributed by atoms with Gasteiger partial charge >= 0.3 is 6.18 Å². The van der Waals surface area contributed by atoms with E-state index in [9.17, 15) is 13.2 Å². The predicted octanol–water partition coefficient (Wildman–Crippen LogP) is 4.40. The zero-order valence-corrected chi connectivity index (χ0v) is 12.3. The molecule has 0 aliphatic rings. The molecule has 1 aromatic rings. The van der Waals surface area contributed by atoms with Crippen molar-refractivity contribution in [2.45, 2.75) is 31.5 Å². The molecule has 2 nitrogen and oxygen atoms in total. The van der Waals surface area contributed by atoms with Crippen LogP contribution >= 0.6 is 15.9 Å². The van der Waals surface area contributed by atoms with E-state index in [1.165, 1.54) is 6.07 Å². The zero-order valence-electron chi connectivity index (χ0n) is 10.8. The Hall–Kier alpha value is -0.750. The molecular weight excluding hydrogens is 325 g/mol. The van der Waals surface area contributed by atoms with Crippen molar-refractivity contribution in [1.29, 1.82) is 0 Å². The molecule has 0 aromatic heterocycles. The topological polar surface area (TPSA) is 18.5 Å². The molecule has 0 spiro atoms. The van der Waals surface area contributed by atoms with E-state index in [1.54, 1.807) is 6.07 Å². The van der Waals surface area contributed by atoms with Crippen LogP contribution in [-0.2, 0) is 16.2 Å². The number of alkyl halides is 4. The molecule has 0 amide bonds. The number of hydrogen-bond acceptors (Lipinski definition) is 2. The fourth-order valence-electron chi connectivity index (χ4n) is 1.44. The maximum atomic E-state index is 12.9. The van der Waals surface area contributed by atoms with E-state index in [0.29, 0.717) is 10.9 Å². The second kappa shape index (κ2) is 7.14. The highest BCUT2D eigenvalue weighted by atomic mass is 79.9. The van der Waals surface area contributed by atoms with Crippen LogP contribution in [-0.4, -0.2) is 19.3 Å². The minimum absolute atomic E-state index is 0.0291. The van der Waals surface area contributed by atoms with Gasteiger partial charge in [-0.3, -0.25) is 0 Å². The van der Waals surface area contributed by atoms with Crippen molar-refractivity contribution in [3.05, 3.63) is 29.3 Å². The molecule has 1 rings (SSSR count). The number of rotatable bonds is 6. The molecule has 108 valence electrons. The summed E-state index contributed by atoms with van der Waals surface area (Å²) in [4.78, 5) is 0. The summed E-state index contributed by atoms with van der Waals surface area (Å²) in [6.07, 6.45) is -4.40. The first-order chi connectivity index (χ1) is 8.84. The Balaban J connectivity index is 2.76. The maximum absolute atomic E-state index is 12.9. The maximum Gasteiger partial charge on any atom is 0.419 e. The van der Waals surface area contributed by atoms with Gasteiger partial charge in [0, 0.05) is 5.33 Å². The number of halogens is 4. The Morgan fingerprint density at radius 1 is 1.21 bits per heavy atom. The summed E-state index contributed by atoms with van der Waals surface area (Å²) >= 11 is 3.13. The highest BCUT2D eigenvalue weighted by Gasteiger charge is 2.34. The molecule has 0 radical (unpaired) electrons. The van der Waals surface area contributed by atoms with Crippen molar-refractivity contribution in [3.8, 4) is 5.75 Å². The van der Waals surface area contributed by atoms with Gasteiger partial charge in [-0.15, -0.1) is 0 Å². The van der Waals surface area contributed by atoms with Gasteiger partial charge in [0.15, 0.2) is 0 Å². The van der Waals surface area contributed by atoms with E-state index >= 15 is 0 Å². The first-order valence-electron chi connectivity index (χ1n) is 5.85. The van der Waals surface area contributed by atoms with Gasteiger partial charge in [0.1, 0.15) is 12.4 Å². The Labute approximate surface area is 119 Å². The standard InChI is InChI=1S/C13H16BrF3O2/c1-9(2)18-5-6-19-12-4-3-10(8-14)7-11(12)13(15,16)17/h3-4,7,9H,5-6,8H2,1-2H3. The largest absolute Gasteiger partial charge is 0.491 e. The first kappa shape index (κ1) is 16.3. The highest BCUT2D eigenvalue weighted by Crippen LogP contribution is 2.37. The third-order valence-electron chi connectivity index (χ3n) is 2.30. The van der Waals surface area contributed by atoms with Crippen LogP contribution in [0.2, 0.25) is 0 Å². The molecule has 0 saturated carbocycles. The van der Waals surface area contributed by atoms with Crippen LogP contribution in [0.4, 0.5) is 13.2 Å². The fourth-order valence-corrected chi connectivity index (χ4v) is 1.79. The molecule has 0 aliphatic heterocycles. The van der Waals surface area contributed by atoms with E-state index < -0.39 is 11.7 Å². The monoisotopic (exact) mass is 340 g/mol. The molecule has 1 aromatic carbocycles. The van der Waals surface area contributed by atoms with E-state index in [1.807, 2.05) is 13.8 Å². The number of hydrogen-bond donors (Lipinski definition) is 0. The van der Waals surface area contributed by atoms with Crippen LogP contribution in [0.3, 0.4) is 0 Å². The average Bonchev–Trinajstić information content (AvgIpc) is 2.33. The number of benzene rings is 1. The highest BCUT2D eigenvalue weighted by molar-refractivity contribution is 9.08. The van der Waals surface area contributed by atoms with Gasteiger partial charge in [-0.25, -0.2) is 0 Å². The van der Waals surface area contributed by atoms with Gasteiger partial charge in [0.25, 0.3) is 0 Å². The van der Waals surface area contributed by atoms with Crippen LogP contribution in [0.1, 0.15) is 25.0 Å². The quantitative estimate of drug-likeness (QED) is 0.564. The van der Waals surface area contributed by atoms with E-state index in [0.717, 1.165) is 6.07 Å². The van der Waals surface area contributed by atoms with Crippen LogP contribution < -0.4 is 4.74 Å². The molecule has 0 bridgehead atoms. The first-order valence-corrected chi connectivity index (χ1v) is 6.97. The fraction of sp³-hybridized carbons (Fsp3) is 0.538. The number of ether oxygens (including phenoxy) is 2. The summed E-state index contributed by atoms with van der Waals surface area (Å²) in [6, 6.07) is 4.03. The van der Waals surface area contributed by atoms with Crippen molar-refractivity contribution in [2.24, 2.45) is 0 Å². The minimum Gasteiger partial charge on any atom is -0.491 e. The van der Waals surface area contributed by atoms with E-state index in [2.05, 4.69) is 15.9 Å². The van der Waals surface area contributed by atoms with Gasteiger partial charge in [-0.1, -0.05) is 22.0 Å². The SMILES string of the molecule is CC(C)OCCOc1ccc(CBr)cc1C(F)(F)F. The Morgan fingerprint density at radius 3 is 2.42 bits per heavy atom. The molecule has 0 N–H and O–H groups in total. The van der Waals surface area contributed by atoms with Gasteiger partial charge in [-0.05, 0) is 31.5 Å². The zero-order chi connectivity index (χ0) is 14.5. The third-order valence-corrected chi connectivity index (χ3v) is 2.94. The van der Waals surface area contributed by atoms with E-state index in [4.69, 9.17) is 9.47 Å². The minimum atomic E-state index is -4.42. The molecule has 19 heavy (non-hydrogen) atoms. The summed E-state index contributed by atoms with van der Waals surface area (Å²) in [5.41, 5.74) is -0.202. The van der Waals surface area contributed by atoms with Crippen LogP contribution in [0.5, 0.6) is 5.75 Å². The lowest BCUT2D eigenvalue weighted by atomic mass is 10.1. The summed E-state index contributed by atoms with van der Waals surface area (Å²) in [5, 5.41) is 0.368. The average molecular weight is 341 g/mol. The Kier molecular flexibility index (Phi) is 6.13. The van der Waals surface area contributed by atoms with Gasteiger partial charge in [0.05, 0.1) is 18.3 Å². The summed E-state index contributed by atoms with van der Waals surface area (Å²) in [6.45, 7) is 4.06. The summed E-state index contributed by atoms with van der Waals surface area (Å²) < 4.78 is 49.0. The molecule has 0 atom stereocenters. The third kappa shape index (κ3) is 5.40.